The molecule has 3 aromatic rings. The highest BCUT2D eigenvalue weighted by atomic mass is 16.5. The minimum Gasteiger partial charge on any atom is -0.508 e. The molecule has 0 aliphatic carbocycles. The molecule has 0 aromatic heterocycles. The molecule has 0 saturated carbocycles. The number of benzene rings is 3. The first-order valence-electron chi connectivity index (χ1n) is 11.1. The number of aromatic hydroxyl groups is 1. The number of nitrogens with zero attached hydrogens (tertiary/aromatic N) is 1. The predicted molar refractivity (Wildman–Crippen MR) is 120 cm³/mol. The van der Waals surface area contributed by atoms with Gasteiger partial charge < -0.3 is 14.7 Å². The standard InChI is InChI=1S/C27H29NO2/c29-23-12-13-26-24(18-23)27(25(19-30-26)21-6-2-1-3-7-21)22-10-8-20(9-11-22)14-17-28-15-4-5-16-28/h1-3,6-13,18,25,27,29H,4-5,14-17,19H2/t25-,27?/m1/s1. The van der Waals surface area contributed by atoms with Crippen LogP contribution >= 0.6 is 0 Å². The lowest BCUT2D eigenvalue weighted by molar-refractivity contribution is 0.248. The molecule has 2 aliphatic heterocycles. The summed E-state index contributed by atoms with van der Waals surface area (Å²) >= 11 is 0. The molecule has 3 aromatic carbocycles. The molecule has 5 rings (SSSR count). The zero-order chi connectivity index (χ0) is 20.3. The second-order valence-electron chi connectivity index (χ2n) is 8.57. The third-order valence-electron chi connectivity index (χ3n) is 6.63. The third-order valence-corrected chi connectivity index (χ3v) is 6.63. The Bertz CT molecular complexity index is 978. The van der Waals surface area contributed by atoms with Gasteiger partial charge in [0.1, 0.15) is 11.5 Å². The molecular formula is C27H29NO2. The molecule has 2 heterocycles. The zero-order valence-corrected chi connectivity index (χ0v) is 17.3. The van der Waals surface area contributed by atoms with Crippen molar-refractivity contribution in [2.75, 3.05) is 26.2 Å². The number of ether oxygens (including phenoxy) is 1. The SMILES string of the molecule is Oc1ccc2c(c1)C(c1ccc(CCN3CCCC3)cc1)[C@@H](c1ccccc1)CO2. The summed E-state index contributed by atoms with van der Waals surface area (Å²) in [5, 5.41) is 10.2. The van der Waals surface area contributed by atoms with E-state index in [1.807, 2.05) is 12.1 Å². The maximum absolute atomic E-state index is 10.2. The van der Waals surface area contributed by atoms with E-state index >= 15 is 0 Å². The van der Waals surface area contributed by atoms with E-state index in [4.69, 9.17) is 4.74 Å². The van der Waals surface area contributed by atoms with Crippen LogP contribution in [0.2, 0.25) is 0 Å². The van der Waals surface area contributed by atoms with Crippen LogP contribution in [0.3, 0.4) is 0 Å². The highest BCUT2D eigenvalue weighted by Crippen LogP contribution is 2.46. The van der Waals surface area contributed by atoms with Crippen LogP contribution in [0.15, 0.2) is 72.8 Å². The predicted octanol–water partition coefficient (Wildman–Crippen LogP) is 5.34. The van der Waals surface area contributed by atoms with Gasteiger partial charge in [-0.3, -0.25) is 0 Å². The normalized spacial score (nSPS) is 21.2. The summed E-state index contributed by atoms with van der Waals surface area (Å²) in [6.45, 7) is 4.29. The Morgan fingerprint density at radius 1 is 0.867 bits per heavy atom. The van der Waals surface area contributed by atoms with Gasteiger partial charge in [-0.05, 0) is 67.2 Å². The van der Waals surface area contributed by atoms with Crippen LogP contribution in [-0.2, 0) is 6.42 Å². The van der Waals surface area contributed by atoms with Crippen LogP contribution in [0.5, 0.6) is 11.5 Å². The van der Waals surface area contributed by atoms with Gasteiger partial charge in [0.05, 0.1) is 6.61 Å². The smallest absolute Gasteiger partial charge is 0.123 e. The number of fused-ring (bicyclic) bond motifs is 1. The van der Waals surface area contributed by atoms with Crippen molar-refractivity contribution in [1.29, 1.82) is 0 Å². The average molecular weight is 400 g/mol. The number of likely N-dealkylation sites (tertiary alicyclic amines) is 1. The summed E-state index contributed by atoms with van der Waals surface area (Å²) in [6, 6.07) is 25.2. The fraction of sp³-hybridized carbons (Fsp3) is 0.333. The number of hydrogen-bond donors (Lipinski definition) is 1. The Morgan fingerprint density at radius 2 is 1.63 bits per heavy atom. The van der Waals surface area contributed by atoms with Crippen molar-refractivity contribution in [3.05, 3.63) is 95.1 Å². The second-order valence-corrected chi connectivity index (χ2v) is 8.57. The van der Waals surface area contributed by atoms with Gasteiger partial charge >= 0.3 is 0 Å². The fourth-order valence-corrected chi connectivity index (χ4v) is 4.99. The summed E-state index contributed by atoms with van der Waals surface area (Å²) in [5.41, 5.74) is 5.02. The Balaban J connectivity index is 1.45. The van der Waals surface area contributed by atoms with Crippen LogP contribution in [0.25, 0.3) is 0 Å². The molecule has 3 heteroatoms. The van der Waals surface area contributed by atoms with Gasteiger partial charge in [0.25, 0.3) is 0 Å². The van der Waals surface area contributed by atoms with E-state index in [9.17, 15) is 5.11 Å². The minimum absolute atomic E-state index is 0.163. The van der Waals surface area contributed by atoms with Gasteiger partial charge in [0.15, 0.2) is 0 Å². The molecule has 3 nitrogen and oxygen atoms in total. The van der Waals surface area contributed by atoms with Crippen LogP contribution < -0.4 is 4.74 Å². The molecule has 0 bridgehead atoms. The first-order chi connectivity index (χ1) is 14.8. The van der Waals surface area contributed by atoms with Crippen molar-refractivity contribution in [2.24, 2.45) is 0 Å². The maximum atomic E-state index is 10.2. The highest BCUT2D eigenvalue weighted by molar-refractivity contribution is 5.50. The Kier molecular flexibility index (Phi) is 5.46. The molecule has 1 saturated heterocycles. The molecule has 0 spiro atoms. The first kappa shape index (κ1) is 19.2. The zero-order valence-electron chi connectivity index (χ0n) is 17.3. The average Bonchev–Trinajstić information content (AvgIpc) is 3.32. The number of phenols is 1. The lowest BCUT2D eigenvalue weighted by Gasteiger charge is -2.34. The van der Waals surface area contributed by atoms with E-state index in [0.717, 1.165) is 24.3 Å². The van der Waals surface area contributed by atoms with Crippen LogP contribution in [0, 0.1) is 0 Å². The van der Waals surface area contributed by atoms with Crippen molar-refractivity contribution >= 4 is 0 Å². The van der Waals surface area contributed by atoms with Crippen LogP contribution in [0.4, 0.5) is 0 Å². The van der Waals surface area contributed by atoms with E-state index in [2.05, 4.69) is 59.5 Å². The van der Waals surface area contributed by atoms with Gasteiger partial charge in [-0.25, -0.2) is 0 Å². The number of hydrogen-bond acceptors (Lipinski definition) is 3. The van der Waals surface area contributed by atoms with E-state index in [1.54, 1.807) is 6.07 Å². The summed E-state index contributed by atoms with van der Waals surface area (Å²) in [7, 11) is 0. The molecule has 30 heavy (non-hydrogen) atoms. The van der Waals surface area contributed by atoms with Crippen LogP contribution in [-0.4, -0.2) is 36.2 Å². The molecule has 2 aliphatic rings. The lowest BCUT2D eigenvalue weighted by atomic mass is 9.75. The van der Waals surface area contributed by atoms with Gasteiger partial charge in [-0.15, -0.1) is 0 Å². The topological polar surface area (TPSA) is 32.7 Å². The van der Waals surface area contributed by atoms with E-state index in [1.165, 1.54) is 42.6 Å². The molecule has 2 atom stereocenters. The van der Waals surface area contributed by atoms with Gasteiger partial charge in [0, 0.05) is 23.9 Å². The van der Waals surface area contributed by atoms with E-state index in [0.29, 0.717) is 12.4 Å². The first-order valence-corrected chi connectivity index (χ1v) is 11.1. The van der Waals surface area contributed by atoms with Crippen molar-refractivity contribution in [3.63, 3.8) is 0 Å². The molecular weight excluding hydrogens is 370 g/mol. The number of rotatable bonds is 5. The Hall–Kier alpha value is -2.78. The monoisotopic (exact) mass is 399 g/mol. The Labute approximate surface area is 178 Å². The second kappa shape index (κ2) is 8.53. The molecule has 0 radical (unpaired) electrons. The third kappa shape index (κ3) is 3.95. The van der Waals surface area contributed by atoms with Crippen molar-refractivity contribution in [3.8, 4) is 11.5 Å². The fourth-order valence-electron chi connectivity index (χ4n) is 4.99. The summed E-state index contributed by atoms with van der Waals surface area (Å²) in [6.07, 6.45) is 3.79. The molecule has 154 valence electrons. The molecule has 1 unspecified atom stereocenters. The van der Waals surface area contributed by atoms with Crippen molar-refractivity contribution in [2.45, 2.75) is 31.1 Å². The number of phenolic OH excluding ortho intramolecular Hbond substituents is 1. The quantitative estimate of drug-likeness (QED) is 0.629. The van der Waals surface area contributed by atoms with Crippen molar-refractivity contribution < 1.29 is 9.84 Å². The molecule has 1 fully saturated rings. The van der Waals surface area contributed by atoms with Crippen molar-refractivity contribution in [1.82, 2.24) is 4.90 Å². The molecule has 1 N–H and O–H groups in total. The summed E-state index contributed by atoms with van der Waals surface area (Å²) in [4.78, 5) is 2.57. The minimum atomic E-state index is 0.163. The van der Waals surface area contributed by atoms with E-state index < -0.39 is 0 Å². The van der Waals surface area contributed by atoms with Gasteiger partial charge in [-0.1, -0.05) is 54.6 Å². The maximum Gasteiger partial charge on any atom is 0.123 e. The highest BCUT2D eigenvalue weighted by Gasteiger charge is 2.33. The molecule has 0 amide bonds. The summed E-state index contributed by atoms with van der Waals surface area (Å²) < 4.78 is 6.10. The van der Waals surface area contributed by atoms with Gasteiger partial charge in [0.2, 0.25) is 0 Å². The summed E-state index contributed by atoms with van der Waals surface area (Å²) in [5.74, 6) is 1.55. The lowest BCUT2D eigenvalue weighted by Crippen LogP contribution is -2.25. The van der Waals surface area contributed by atoms with E-state index in [-0.39, 0.29) is 11.8 Å². The van der Waals surface area contributed by atoms with Gasteiger partial charge in [-0.2, -0.15) is 0 Å². The Morgan fingerprint density at radius 3 is 2.40 bits per heavy atom. The largest absolute Gasteiger partial charge is 0.508 e. The van der Waals surface area contributed by atoms with Crippen LogP contribution in [0.1, 0.15) is 46.9 Å².